The van der Waals surface area contributed by atoms with E-state index in [0.717, 1.165) is 30.6 Å². The number of hydrogen-bond acceptors (Lipinski definition) is 3. The molecule has 19 heavy (non-hydrogen) atoms. The van der Waals surface area contributed by atoms with Gasteiger partial charge in [-0.25, -0.2) is 0 Å². The molecule has 2 rings (SSSR count). The highest BCUT2D eigenvalue weighted by Crippen LogP contribution is 2.30. The number of benzene rings is 1. The van der Waals surface area contributed by atoms with Gasteiger partial charge in [0.2, 0.25) is 5.91 Å². The van der Waals surface area contributed by atoms with E-state index >= 15 is 0 Å². The Kier molecular flexibility index (Phi) is 5.13. The summed E-state index contributed by atoms with van der Waals surface area (Å²) >= 11 is 7.46. The number of thioether (sulfide) groups is 1. The maximum Gasteiger partial charge on any atom is 0.230 e. The van der Waals surface area contributed by atoms with Crippen LogP contribution in [0.1, 0.15) is 25.7 Å². The predicted molar refractivity (Wildman–Crippen MR) is 78.6 cm³/mol. The first-order valence-corrected chi connectivity index (χ1v) is 7.81. The molecule has 1 amide bonds. The molecule has 1 saturated carbocycles. The van der Waals surface area contributed by atoms with Crippen LogP contribution in [0.4, 0.5) is 0 Å². The molecule has 1 aliphatic carbocycles. The Balaban J connectivity index is 1.86. The van der Waals surface area contributed by atoms with Gasteiger partial charge in [-0.3, -0.25) is 4.79 Å². The van der Waals surface area contributed by atoms with Crippen LogP contribution in [-0.4, -0.2) is 28.9 Å². The van der Waals surface area contributed by atoms with Crippen LogP contribution in [0, 0.1) is 0 Å². The van der Waals surface area contributed by atoms with Gasteiger partial charge in [0.1, 0.15) is 0 Å². The number of aliphatic hydroxyl groups excluding tert-OH is 1. The van der Waals surface area contributed by atoms with Crippen molar-refractivity contribution < 1.29 is 9.90 Å². The second-order valence-corrected chi connectivity index (χ2v) is 6.34. The van der Waals surface area contributed by atoms with Gasteiger partial charge in [-0.1, -0.05) is 36.6 Å². The van der Waals surface area contributed by atoms with Crippen molar-refractivity contribution in [2.24, 2.45) is 0 Å². The van der Waals surface area contributed by atoms with Crippen LogP contribution in [0.3, 0.4) is 0 Å². The molecule has 1 fully saturated rings. The van der Waals surface area contributed by atoms with E-state index in [0.29, 0.717) is 10.8 Å². The highest BCUT2D eigenvalue weighted by Gasteiger charge is 2.34. The highest BCUT2D eigenvalue weighted by molar-refractivity contribution is 8.00. The summed E-state index contributed by atoms with van der Waals surface area (Å²) in [5, 5.41) is 13.1. The molecule has 0 saturated heterocycles. The molecular weight excluding hydrogens is 282 g/mol. The Morgan fingerprint density at radius 2 is 2.05 bits per heavy atom. The van der Waals surface area contributed by atoms with E-state index < -0.39 is 5.54 Å². The van der Waals surface area contributed by atoms with Crippen molar-refractivity contribution in [2.75, 3.05) is 12.4 Å². The smallest absolute Gasteiger partial charge is 0.230 e. The van der Waals surface area contributed by atoms with Crippen LogP contribution < -0.4 is 5.32 Å². The molecule has 1 aliphatic rings. The van der Waals surface area contributed by atoms with Crippen molar-refractivity contribution in [3.8, 4) is 0 Å². The Labute approximate surface area is 122 Å². The number of amides is 1. The summed E-state index contributed by atoms with van der Waals surface area (Å²) in [7, 11) is 0. The average Bonchev–Trinajstić information content (AvgIpc) is 2.87. The second-order valence-electron chi connectivity index (χ2n) is 4.91. The molecule has 0 radical (unpaired) electrons. The van der Waals surface area contributed by atoms with Crippen LogP contribution in [0.2, 0.25) is 5.02 Å². The van der Waals surface area contributed by atoms with Crippen molar-refractivity contribution in [3.05, 3.63) is 29.3 Å². The molecule has 0 atom stereocenters. The lowest BCUT2D eigenvalue weighted by Gasteiger charge is -2.27. The van der Waals surface area contributed by atoms with E-state index in [-0.39, 0.29) is 12.5 Å². The fraction of sp³-hybridized carbons (Fsp3) is 0.500. The third-order valence-corrected chi connectivity index (χ3v) is 4.98. The van der Waals surface area contributed by atoms with Gasteiger partial charge >= 0.3 is 0 Å². The Morgan fingerprint density at radius 3 is 2.68 bits per heavy atom. The zero-order chi connectivity index (χ0) is 13.7. The largest absolute Gasteiger partial charge is 0.394 e. The highest BCUT2D eigenvalue weighted by atomic mass is 35.5. The van der Waals surface area contributed by atoms with E-state index in [1.165, 1.54) is 11.8 Å². The Morgan fingerprint density at radius 1 is 1.37 bits per heavy atom. The minimum absolute atomic E-state index is 0.0233. The van der Waals surface area contributed by atoms with E-state index in [4.69, 9.17) is 11.6 Å². The second kappa shape index (κ2) is 6.64. The van der Waals surface area contributed by atoms with Gasteiger partial charge in [-0.2, -0.15) is 0 Å². The molecular formula is C14H18ClNO2S. The molecule has 0 unspecified atom stereocenters. The maximum atomic E-state index is 12.0. The van der Waals surface area contributed by atoms with Crippen LogP contribution in [0.5, 0.6) is 0 Å². The summed E-state index contributed by atoms with van der Waals surface area (Å²) in [6, 6.07) is 7.48. The molecule has 0 bridgehead atoms. The predicted octanol–water partition coefficient (Wildman–Crippen LogP) is 2.85. The molecule has 0 aromatic heterocycles. The number of aliphatic hydroxyl groups is 1. The molecule has 3 nitrogen and oxygen atoms in total. The molecule has 2 N–H and O–H groups in total. The molecule has 0 heterocycles. The third-order valence-electron chi connectivity index (χ3n) is 3.46. The molecule has 1 aromatic carbocycles. The first-order chi connectivity index (χ1) is 9.15. The van der Waals surface area contributed by atoms with Gasteiger partial charge in [-0.05, 0) is 25.0 Å². The normalized spacial score (nSPS) is 17.4. The van der Waals surface area contributed by atoms with Crippen molar-refractivity contribution >= 4 is 29.3 Å². The van der Waals surface area contributed by atoms with Gasteiger partial charge in [0.05, 0.1) is 22.9 Å². The first-order valence-electron chi connectivity index (χ1n) is 6.44. The topological polar surface area (TPSA) is 49.3 Å². The number of hydrogen-bond donors (Lipinski definition) is 2. The Hall–Kier alpha value is -0.710. The molecule has 1 aromatic rings. The van der Waals surface area contributed by atoms with Crippen molar-refractivity contribution in [2.45, 2.75) is 36.1 Å². The number of halogens is 1. The quantitative estimate of drug-likeness (QED) is 0.822. The van der Waals surface area contributed by atoms with Gasteiger partial charge in [-0.15, -0.1) is 11.8 Å². The average molecular weight is 300 g/mol. The molecule has 104 valence electrons. The minimum atomic E-state index is -0.391. The number of carbonyl (C=O) groups excluding carboxylic acids is 1. The summed E-state index contributed by atoms with van der Waals surface area (Å²) in [5.41, 5.74) is -0.391. The van der Waals surface area contributed by atoms with E-state index in [9.17, 15) is 9.90 Å². The number of carbonyl (C=O) groups is 1. The number of rotatable bonds is 5. The third kappa shape index (κ3) is 3.88. The molecule has 5 heteroatoms. The van der Waals surface area contributed by atoms with Gasteiger partial charge < -0.3 is 10.4 Å². The monoisotopic (exact) mass is 299 g/mol. The molecule has 0 aliphatic heterocycles. The van der Waals surface area contributed by atoms with E-state index in [1.54, 1.807) is 0 Å². The Bertz CT molecular complexity index is 447. The standard InChI is InChI=1S/C14H18ClNO2S/c15-11-5-1-2-6-12(11)19-9-13(18)16-14(10-17)7-3-4-8-14/h1-2,5-6,17H,3-4,7-10H2,(H,16,18). The van der Waals surface area contributed by atoms with Crippen LogP contribution in [0.25, 0.3) is 0 Å². The van der Waals surface area contributed by atoms with Gasteiger partial charge in [0, 0.05) is 4.90 Å². The fourth-order valence-electron chi connectivity index (χ4n) is 2.41. The van der Waals surface area contributed by atoms with Crippen molar-refractivity contribution in [1.29, 1.82) is 0 Å². The van der Waals surface area contributed by atoms with Crippen LogP contribution >= 0.6 is 23.4 Å². The molecule has 0 spiro atoms. The van der Waals surface area contributed by atoms with Crippen LogP contribution in [0.15, 0.2) is 29.2 Å². The first kappa shape index (κ1) is 14.7. The van der Waals surface area contributed by atoms with Crippen molar-refractivity contribution in [1.82, 2.24) is 5.32 Å². The summed E-state index contributed by atoms with van der Waals surface area (Å²) in [6.07, 6.45) is 3.87. The summed E-state index contributed by atoms with van der Waals surface area (Å²) in [5.74, 6) is 0.284. The van der Waals surface area contributed by atoms with E-state index in [1.807, 2.05) is 24.3 Å². The lowest BCUT2D eigenvalue weighted by atomic mass is 9.99. The lowest BCUT2D eigenvalue weighted by molar-refractivity contribution is -0.121. The van der Waals surface area contributed by atoms with Gasteiger partial charge in [0.15, 0.2) is 0 Å². The number of nitrogens with one attached hydrogen (secondary N) is 1. The summed E-state index contributed by atoms with van der Waals surface area (Å²) < 4.78 is 0. The fourth-order valence-corrected chi connectivity index (χ4v) is 3.45. The summed E-state index contributed by atoms with van der Waals surface area (Å²) in [6.45, 7) is 0.0233. The lowest BCUT2D eigenvalue weighted by Crippen LogP contribution is -2.49. The van der Waals surface area contributed by atoms with Crippen molar-refractivity contribution in [3.63, 3.8) is 0 Å². The maximum absolute atomic E-state index is 12.0. The summed E-state index contributed by atoms with van der Waals surface area (Å²) in [4.78, 5) is 12.9. The minimum Gasteiger partial charge on any atom is -0.394 e. The SMILES string of the molecule is O=C(CSc1ccccc1Cl)NC1(CO)CCCC1. The zero-order valence-corrected chi connectivity index (χ0v) is 12.3. The van der Waals surface area contributed by atoms with Crippen LogP contribution in [-0.2, 0) is 4.79 Å². The van der Waals surface area contributed by atoms with Gasteiger partial charge in [0.25, 0.3) is 0 Å². The van der Waals surface area contributed by atoms with E-state index in [2.05, 4.69) is 5.32 Å². The zero-order valence-electron chi connectivity index (χ0n) is 10.7.